The maximum atomic E-state index is 6.30. The minimum absolute atomic E-state index is 0.292. The number of hydrogen-bond acceptors (Lipinski definition) is 2. The Kier molecular flexibility index (Phi) is 6.40. The first-order valence-corrected chi connectivity index (χ1v) is 6.99. The summed E-state index contributed by atoms with van der Waals surface area (Å²) in [5.74, 6) is 0.958. The van der Waals surface area contributed by atoms with Gasteiger partial charge < -0.3 is 9.47 Å². The van der Waals surface area contributed by atoms with Crippen LogP contribution in [0.3, 0.4) is 0 Å². The molecular weight excluding hydrogens is 295 g/mol. The van der Waals surface area contributed by atoms with Gasteiger partial charge in [-0.1, -0.05) is 54.6 Å². The third-order valence-electron chi connectivity index (χ3n) is 2.77. The lowest BCUT2D eigenvalue weighted by Crippen LogP contribution is -1.99. The van der Waals surface area contributed by atoms with Gasteiger partial charge in [0.15, 0.2) is 5.75 Å². The molecule has 0 spiro atoms. The van der Waals surface area contributed by atoms with E-state index in [-0.39, 0.29) is 0 Å². The minimum Gasteiger partial charge on any atom is -0.495 e. The molecule has 5 heteroatoms. The van der Waals surface area contributed by atoms with Gasteiger partial charge in [-0.15, -0.1) is 0 Å². The standard InChI is InChI=1S/C13H17Cl3O2/c1-4-5-6-7-8-9(14)13(18-3)11(16)10(15)12(8)17-2/h4-7H2,1-3H3. The van der Waals surface area contributed by atoms with Crippen molar-refractivity contribution in [2.75, 3.05) is 14.2 Å². The summed E-state index contributed by atoms with van der Waals surface area (Å²) in [6.07, 6.45) is 4.08. The normalized spacial score (nSPS) is 10.6. The maximum absolute atomic E-state index is 6.30. The van der Waals surface area contributed by atoms with Crippen molar-refractivity contribution in [2.45, 2.75) is 32.6 Å². The molecule has 102 valence electrons. The van der Waals surface area contributed by atoms with Crippen molar-refractivity contribution in [1.29, 1.82) is 0 Å². The second kappa shape index (κ2) is 7.32. The first-order chi connectivity index (χ1) is 8.58. The van der Waals surface area contributed by atoms with Gasteiger partial charge in [-0.2, -0.15) is 0 Å². The average molecular weight is 312 g/mol. The Bertz CT molecular complexity index is 419. The predicted molar refractivity (Wildman–Crippen MR) is 77.8 cm³/mol. The number of rotatable bonds is 6. The molecule has 0 radical (unpaired) electrons. The monoisotopic (exact) mass is 310 g/mol. The second-order valence-electron chi connectivity index (χ2n) is 3.94. The highest BCUT2D eigenvalue weighted by Gasteiger charge is 2.22. The van der Waals surface area contributed by atoms with E-state index >= 15 is 0 Å². The third-order valence-corrected chi connectivity index (χ3v) is 3.99. The van der Waals surface area contributed by atoms with E-state index in [1.165, 1.54) is 7.11 Å². The van der Waals surface area contributed by atoms with E-state index in [0.29, 0.717) is 26.6 Å². The molecule has 1 aromatic rings. The molecular formula is C13H17Cl3O2. The number of unbranched alkanes of at least 4 members (excludes halogenated alkanes) is 2. The quantitative estimate of drug-likeness (QED) is 0.517. The van der Waals surface area contributed by atoms with Crippen LogP contribution in [0.5, 0.6) is 11.5 Å². The van der Waals surface area contributed by atoms with Crippen molar-refractivity contribution in [2.24, 2.45) is 0 Å². The molecule has 18 heavy (non-hydrogen) atoms. The van der Waals surface area contributed by atoms with Crippen LogP contribution in [0.4, 0.5) is 0 Å². The Balaban J connectivity index is 3.24. The molecule has 1 aromatic carbocycles. The fraction of sp³-hybridized carbons (Fsp3) is 0.538. The number of benzene rings is 1. The van der Waals surface area contributed by atoms with Gasteiger partial charge in [-0.3, -0.25) is 0 Å². The van der Waals surface area contributed by atoms with Crippen LogP contribution in [0.2, 0.25) is 15.1 Å². The molecule has 0 aliphatic heterocycles. The molecule has 0 amide bonds. The Labute approximate surface area is 123 Å². The smallest absolute Gasteiger partial charge is 0.158 e. The summed E-state index contributed by atoms with van der Waals surface area (Å²) in [5, 5.41) is 1.13. The summed E-state index contributed by atoms with van der Waals surface area (Å²) in [6, 6.07) is 0. The van der Waals surface area contributed by atoms with Crippen molar-refractivity contribution >= 4 is 34.8 Å². The fourth-order valence-corrected chi connectivity index (χ4v) is 2.77. The SMILES string of the molecule is CCCCCc1c(Cl)c(OC)c(Cl)c(Cl)c1OC. The summed E-state index contributed by atoms with van der Waals surface area (Å²) in [6.45, 7) is 2.15. The van der Waals surface area contributed by atoms with Gasteiger partial charge in [0.05, 0.1) is 19.2 Å². The summed E-state index contributed by atoms with van der Waals surface area (Å²) >= 11 is 18.6. The van der Waals surface area contributed by atoms with Crippen LogP contribution in [-0.2, 0) is 6.42 Å². The van der Waals surface area contributed by atoms with E-state index in [4.69, 9.17) is 44.3 Å². The van der Waals surface area contributed by atoms with E-state index in [1.54, 1.807) is 7.11 Å². The number of halogens is 3. The van der Waals surface area contributed by atoms with Crippen LogP contribution >= 0.6 is 34.8 Å². The van der Waals surface area contributed by atoms with Crippen LogP contribution in [0.15, 0.2) is 0 Å². The number of ether oxygens (including phenoxy) is 2. The van der Waals surface area contributed by atoms with Gasteiger partial charge >= 0.3 is 0 Å². The lowest BCUT2D eigenvalue weighted by molar-refractivity contribution is 0.398. The molecule has 0 aromatic heterocycles. The third kappa shape index (κ3) is 3.17. The van der Waals surface area contributed by atoms with Gasteiger partial charge in [-0.05, 0) is 12.8 Å². The van der Waals surface area contributed by atoms with E-state index in [0.717, 1.165) is 31.2 Å². The number of hydrogen-bond donors (Lipinski definition) is 0. The van der Waals surface area contributed by atoms with Gasteiger partial charge in [0.2, 0.25) is 0 Å². The summed E-state index contributed by atoms with van der Waals surface area (Å²) in [4.78, 5) is 0. The van der Waals surface area contributed by atoms with Crippen molar-refractivity contribution in [1.82, 2.24) is 0 Å². The summed E-state index contributed by atoms with van der Waals surface area (Å²) < 4.78 is 10.5. The molecule has 0 unspecified atom stereocenters. The van der Waals surface area contributed by atoms with Crippen LogP contribution in [0.25, 0.3) is 0 Å². The van der Waals surface area contributed by atoms with E-state index < -0.39 is 0 Å². The Morgan fingerprint density at radius 2 is 1.39 bits per heavy atom. The Morgan fingerprint density at radius 3 is 1.89 bits per heavy atom. The highest BCUT2D eigenvalue weighted by molar-refractivity contribution is 6.46. The zero-order valence-corrected chi connectivity index (χ0v) is 13.0. The lowest BCUT2D eigenvalue weighted by atomic mass is 10.1. The van der Waals surface area contributed by atoms with Crippen LogP contribution in [0, 0.1) is 0 Å². The van der Waals surface area contributed by atoms with E-state index in [9.17, 15) is 0 Å². The Morgan fingerprint density at radius 1 is 0.833 bits per heavy atom. The van der Waals surface area contributed by atoms with Crippen molar-refractivity contribution in [3.63, 3.8) is 0 Å². The van der Waals surface area contributed by atoms with Crippen LogP contribution < -0.4 is 9.47 Å². The largest absolute Gasteiger partial charge is 0.495 e. The van der Waals surface area contributed by atoms with E-state index in [2.05, 4.69) is 6.92 Å². The lowest BCUT2D eigenvalue weighted by Gasteiger charge is -2.17. The first kappa shape index (κ1) is 15.7. The number of methoxy groups -OCH3 is 2. The molecule has 0 saturated heterocycles. The fourth-order valence-electron chi connectivity index (χ4n) is 1.83. The van der Waals surface area contributed by atoms with Crippen LogP contribution in [0.1, 0.15) is 31.7 Å². The van der Waals surface area contributed by atoms with Gasteiger partial charge in [0, 0.05) is 5.56 Å². The summed E-state index contributed by atoms with van der Waals surface area (Å²) in [5.41, 5.74) is 0.860. The summed E-state index contributed by atoms with van der Waals surface area (Å²) in [7, 11) is 3.08. The van der Waals surface area contributed by atoms with E-state index in [1.807, 2.05) is 0 Å². The Hall–Kier alpha value is -0.310. The molecule has 0 N–H and O–H groups in total. The van der Waals surface area contributed by atoms with Gasteiger partial charge in [0.1, 0.15) is 15.8 Å². The van der Waals surface area contributed by atoms with Gasteiger partial charge in [0.25, 0.3) is 0 Å². The molecule has 0 atom stereocenters. The maximum Gasteiger partial charge on any atom is 0.158 e. The highest BCUT2D eigenvalue weighted by atomic mass is 35.5. The molecule has 0 bridgehead atoms. The molecule has 0 heterocycles. The predicted octanol–water partition coefficient (Wildman–Crippen LogP) is 5.40. The minimum atomic E-state index is 0.292. The highest BCUT2D eigenvalue weighted by Crippen LogP contribution is 2.47. The second-order valence-corrected chi connectivity index (χ2v) is 5.08. The van der Waals surface area contributed by atoms with Crippen molar-refractivity contribution in [3.8, 4) is 11.5 Å². The molecule has 1 rings (SSSR count). The van der Waals surface area contributed by atoms with Crippen molar-refractivity contribution < 1.29 is 9.47 Å². The molecule has 0 fully saturated rings. The molecule has 2 nitrogen and oxygen atoms in total. The topological polar surface area (TPSA) is 18.5 Å². The first-order valence-electron chi connectivity index (χ1n) is 5.85. The van der Waals surface area contributed by atoms with Gasteiger partial charge in [-0.25, -0.2) is 0 Å². The van der Waals surface area contributed by atoms with Crippen molar-refractivity contribution in [3.05, 3.63) is 20.6 Å². The molecule has 0 aliphatic rings. The molecule has 0 aliphatic carbocycles. The zero-order valence-electron chi connectivity index (χ0n) is 10.8. The average Bonchev–Trinajstić information content (AvgIpc) is 2.36. The zero-order chi connectivity index (χ0) is 13.7. The molecule has 0 saturated carbocycles. The van der Waals surface area contributed by atoms with Crippen LogP contribution in [-0.4, -0.2) is 14.2 Å².